The fraction of sp³-hybridized carbons (Fsp3) is 0.160. The van der Waals surface area contributed by atoms with E-state index in [1.807, 2.05) is 66.2 Å². The molecular weight excluding hydrogens is 438 g/mol. The molecule has 8 heteroatoms. The number of fused-ring (bicyclic) bond motifs is 4. The Morgan fingerprint density at radius 3 is 2.76 bits per heavy atom. The van der Waals surface area contributed by atoms with Gasteiger partial charge in [-0.3, -0.25) is 0 Å². The van der Waals surface area contributed by atoms with Crippen LogP contribution in [0.25, 0.3) is 21.7 Å². The van der Waals surface area contributed by atoms with Crippen LogP contribution < -0.4 is 15.1 Å². The molecule has 0 radical (unpaired) electrons. The van der Waals surface area contributed by atoms with Crippen molar-refractivity contribution in [3.05, 3.63) is 88.5 Å². The van der Waals surface area contributed by atoms with Gasteiger partial charge in [-0.05, 0) is 34.5 Å². The van der Waals surface area contributed by atoms with Gasteiger partial charge in [0.25, 0.3) is 0 Å². The van der Waals surface area contributed by atoms with Gasteiger partial charge in [0, 0.05) is 24.3 Å². The molecule has 1 aliphatic heterocycles. The van der Waals surface area contributed by atoms with Crippen LogP contribution in [0.1, 0.15) is 17.5 Å². The maximum atomic E-state index is 12.2. The van der Waals surface area contributed by atoms with E-state index in [-0.39, 0.29) is 11.7 Å². The highest BCUT2D eigenvalue weighted by Crippen LogP contribution is 2.36. The predicted octanol–water partition coefficient (Wildman–Crippen LogP) is 4.88. The molecule has 1 aliphatic rings. The van der Waals surface area contributed by atoms with Crippen molar-refractivity contribution in [3.8, 4) is 11.5 Å². The molecule has 0 saturated carbocycles. The number of aromatic nitrogens is 3. The minimum Gasteiger partial charge on any atom is -0.485 e. The number of nitrogens with zero attached hydrogens (tertiary/aromatic N) is 3. The predicted molar refractivity (Wildman–Crippen MR) is 126 cm³/mol. The second-order valence-electron chi connectivity index (χ2n) is 7.80. The minimum atomic E-state index is -0.363. The molecule has 0 fully saturated rings. The molecule has 1 atom stereocenters. The average Bonchev–Trinajstić information content (AvgIpc) is 3.22. The highest BCUT2D eigenvalue weighted by atomic mass is 32.2. The standard InChI is InChI=1S/C25H19N3O4S/c1-28-24(21-13-30-18-8-4-5-9-19(18)31-21)26-27-25(28)33-14-16-12-22(29)32-20-11-10-15-6-2-3-7-17(15)23(16)20/h2-12,21H,13-14H2,1H3. The summed E-state index contributed by atoms with van der Waals surface area (Å²) < 4.78 is 19.3. The van der Waals surface area contributed by atoms with E-state index in [0.717, 1.165) is 32.6 Å². The molecule has 0 amide bonds. The van der Waals surface area contributed by atoms with Crippen molar-refractivity contribution in [2.45, 2.75) is 17.0 Å². The first-order chi connectivity index (χ1) is 16.2. The topological polar surface area (TPSA) is 79.4 Å². The van der Waals surface area contributed by atoms with Crippen molar-refractivity contribution < 1.29 is 13.9 Å². The molecule has 7 nitrogen and oxygen atoms in total. The van der Waals surface area contributed by atoms with Crippen molar-refractivity contribution >= 4 is 33.5 Å². The lowest BCUT2D eigenvalue weighted by Crippen LogP contribution is -2.24. The van der Waals surface area contributed by atoms with Gasteiger partial charge in [-0.25, -0.2) is 4.79 Å². The van der Waals surface area contributed by atoms with Gasteiger partial charge >= 0.3 is 5.63 Å². The van der Waals surface area contributed by atoms with Crippen LogP contribution in [-0.4, -0.2) is 21.4 Å². The van der Waals surface area contributed by atoms with Crippen LogP contribution in [0.15, 0.2) is 81.1 Å². The van der Waals surface area contributed by atoms with Crippen LogP contribution in [0.5, 0.6) is 11.5 Å². The smallest absolute Gasteiger partial charge is 0.336 e. The summed E-state index contributed by atoms with van der Waals surface area (Å²) in [6.07, 6.45) is -0.347. The van der Waals surface area contributed by atoms with Crippen molar-refractivity contribution in [3.63, 3.8) is 0 Å². The number of rotatable bonds is 4. The van der Waals surface area contributed by atoms with Crippen molar-refractivity contribution in [1.29, 1.82) is 0 Å². The lowest BCUT2D eigenvalue weighted by molar-refractivity contribution is 0.0825. The first-order valence-corrected chi connectivity index (χ1v) is 11.5. The van der Waals surface area contributed by atoms with Crippen LogP contribution in [-0.2, 0) is 12.8 Å². The fourth-order valence-corrected chi connectivity index (χ4v) is 5.05. The molecule has 0 spiro atoms. The van der Waals surface area contributed by atoms with Crippen LogP contribution in [0.3, 0.4) is 0 Å². The van der Waals surface area contributed by atoms with Crippen LogP contribution in [0.4, 0.5) is 0 Å². The summed E-state index contributed by atoms with van der Waals surface area (Å²) in [5.41, 5.74) is 1.12. The summed E-state index contributed by atoms with van der Waals surface area (Å²) in [4.78, 5) is 12.2. The van der Waals surface area contributed by atoms with Crippen molar-refractivity contribution in [2.75, 3.05) is 6.61 Å². The Kier molecular flexibility index (Phi) is 4.80. The number of ether oxygens (including phenoxy) is 2. The first kappa shape index (κ1) is 19.9. The van der Waals surface area contributed by atoms with E-state index in [9.17, 15) is 4.79 Å². The Hall–Kier alpha value is -3.78. The number of thioether (sulfide) groups is 1. The van der Waals surface area contributed by atoms with E-state index in [2.05, 4.69) is 16.3 Å². The SMILES string of the molecule is Cn1c(SCc2cc(=O)oc3ccc4ccccc4c23)nnc1C1COc2ccccc2O1. The van der Waals surface area contributed by atoms with Gasteiger partial charge in [-0.2, -0.15) is 0 Å². The average molecular weight is 458 g/mol. The third-order valence-corrected chi connectivity index (χ3v) is 6.81. The summed E-state index contributed by atoms with van der Waals surface area (Å²) >= 11 is 1.52. The molecule has 0 N–H and O–H groups in total. The number of hydrogen-bond donors (Lipinski definition) is 0. The van der Waals surface area contributed by atoms with E-state index in [0.29, 0.717) is 29.5 Å². The van der Waals surface area contributed by atoms with Crippen molar-refractivity contribution in [2.24, 2.45) is 7.05 Å². The summed E-state index contributed by atoms with van der Waals surface area (Å²) in [5.74, 6) is 2.66. The quantitative estimate of drug-likeness (QED) is 0.216. The molecule has 164 valence electrons. The van der Waals surface area contributed by atoms with Crippen LogP contribution >= 0.6 is 11.8 Å². The zero-order chi connectivity index (χ0) is 22.4. The monoisotopic (exact) mass is 457 g/mol. The van der Waals surface area contributed by atoms with Gasteiger partial charge in [0.15, 0.2) is 28.6 Å². The number of para-hydroxylation sites is 2. The highest BCUT2D eigenvalue weighted by molar-refractivity contribution is 7.98. The zero-order valence-corrected chi connectivity index (χ0v) is 18.5. The second kappa shape index (κ2) is 7.97. The van der Waals surface area contributed by atoms with Gasteiger partial charge in [-0.15, -0.1) is 10.2 Å². The molecule has 33 heavy (non-hydrogen) atoms. The molecule has 1 unspecified atom stereocenters. The molecular formula is C25H19N3O4S. The molecule has 0 aliphatic carbocycles. The molecule has 6 rings (SSSR count). The van der Waals surface area contributed by atoms with Gasteiger partial charge in [0.2, 0.25) is 0 Å². The third kappa shape index (κ3) is 3.52. The first-order valence-electron chi connectivity index (χ1n) is 10.5. The normalized spacial score (nSPS) is 15.2. The van der Waals surface area contributed by atoms with Gasteiger partial charge in [0.1, 0.15) is 12.2 Å². The van der Waals surface area contributed by atoms with Gasteiger partial charge in [-0.1, -0.05) is 54.2 Å². The van der Waals surface area contributed by atoms with E-state index in [4.69, 9.17) is 13.9 Å². The van der Waals surface area contributed by atoms with E-state index in [1.54, 1.807) is 6.07 Å². The largest absolute Gasteiger partial charge is 0.485 e. The third-order valence-electron chi connectivity index (χ3n) is 5.74. The number of benzene rings is 3. The lowest BCUT2D eigenvalue weighted by atomic mass is 10.0. The molecule has 0 bridgehead atoms. The Balaban J connectivity index is 1.30. The summed E-state index contributed by atoms with van der Waals surface area (Å²) in [5, 5.41) is 12.6. The van der Waals surface area contributed by atoms with Crippen LogP contribution in [0, 0.1) is 0 Å². The summed E-state index contributed by atoms with van der Waals surface area (Å²) in [6.45, 7) is 0.365. The van der Waals surface area contributed by atoms with Crippen molar-refractivity contribution in [1.82, 2.24) is 14.8 Å². The Morgan fingerprint density at radius 1 is 1.03 bits per heavy atom. The Bertz CT molecular complexity index is 1560. The summed E-state index contributed by atoms with van der Waals surface area (Å²) in [7, 11) is 1.91. The van der Waals surface area contributed by atoms with Gasteiger partial charge in [0.05, 0.1) is 0 Å². The minimum absolute atomic E-state index is 0.347. The summed E-state index contributed by atoms with van der Waals surface area (Å²) in [6, 6.07) is 21.1. The molecule has 3 heterocycles. The zero-order valence-electron chi connectivity index (χ0n) is 17.7. The maximum Gasteiger partial charge on any atom is 0.336 e. The maximum absolute atomic E-state index is 12.2. The van der Waals surface area contributed by atoms with E-state index in [1.165, 1.54) is 11.8 Å². The van der Waals surface area contributed by atoms with Crippen LogP contribution in [0.2, 0.25) is 0 Å². The second-order valence-corrected chi connectivity index (χ2v) is 8.75. The number of hydrogen-bond acceptors (Lipinski definition) is 7. The van der Waals surface area contributed by atoms with E-state index < -0.39 is 0 Å². The highest BCUT2D eigenvalue weighted by Gasteiger charge is 2.27. The lowest BCUT2D eigenvalue weighted by Gasteiger charge is -2.25. The Morgan fingerprint density at radius 2 is 1.85 bits per heavy atom. The molecule has 0 saturated heterocycles. The molecule has 5 aromatic rings. The Labute approximate surface area is 193 Å². The fourth-order valence-electron chi connectivity index (χ4n) is 4.16. The van der Waals surface area contributed by atoms with Gasteiger partial charge < -0.3 is 18.5 Å². The molecule has 2 aromatic heterocycles. The molecule has 3 aromatic carbocycles. The van der Waals surface area contributed by atoms with E-state index >= 15 is 0 Å².